The summed E-state index contributed by atoms with van der Waals surface area (Å²) in [5.41, 5.74) is 6.83. The molecular formula is C25H32N2O4S. The van der Waals surface area contributed by atoms with Crippen LogP contribution in [-0.4, -0.2) is 33.8 Å². The molecule has 0 bridgehead atoms. The first kappa shape index (κ1) is 25.3. The topological polar surface area (TPSA) is 113 Å². The Morgan fingerprint density at radius 2 is 1.81 bits per heavy atom. The summed E-state index contributed by atoms with van der Waals surface area (Å²) in [6.45, 7) is 12.1. The number of phenolic OH excluding ortho intramolecular Hbond substituents is 1. The van der Waals surface area contributed by atoms with Crippen molar-refractivity contribution in [2.75, 3.05) is 6.54 Å². The molecule has 1 aromatic carbocycles. The van der Waals surface area contributed by atoms with Crippen LogP contribution in [0.25, 0.3) is 0 Å². The maximum absolute atomic E-state index is 12.8. The van der Waals surface area contributed by atoms with Crippen molar-refractivity contribution >= 4 is 23.6 Å². The SMILES string of the molecule is C=C(O)SC(Cc1ccc(O)c(C(=O)NCC2=CC(C)(C)C=CC(C)(C)C=C2)c1)C(N)=O. The minimum absolute atomic E-state index is 0.0950. The largest absolute Gasteiger partial charge is 0.507 e. The lowest BCUT2D eigenvalue weighted by molar-refractivity contribution is -0.117. The number of aromatic hydroxyl groups is 1. The van der Waals surface area contributed by atoms with E-state index in [2.05, 4.69) is 63.9 Å². The number of carbonyl (C=O) groups excluding carboxylic acids is 2. The second kappa shape index (κ2) is 10.1. The number of rotatable bonds is 8. The number of allylic oxidation sites excluding steroid dienone is 4. The Bertz CT molecular complexity index is 990. The zero-order chi connectivity index (χ0) is 24.1. The third-order valence-electron chi connectivity index (χ3n) is 5.00. The van der Waals surface area contributed by atoms with Gasteiger partial charge < -0.3 is 21.3 Å². The van der Waals surface area contributed by atoms with Crippen molar-refractivity contribution in [3.63, 3.8) is 0 Å². The average molecular weight is 457 g/mol. The number of thioether (sulfide) groups is 1. The lowest BCUT2D eigenvalue weighted by Crippen LogP contribution is -2.28. The first-order valence-electron chi connectivity index (χ1n) is 10.3. The molecular weight excluding hydrogens is 424 g/mol. The Kier molecular flexibility index (Phi) is 8.02. The lowest BCUT2D eigenvalue weighted by atomic mass is 9.82. The van der Waals surface area contributed by atoms with Crippen molar-refractivity contribution in [1.29, 1.82) is 0 Å². The zero-order valence-corrected chi connectivity index (χ0v) is 19.8. The number of hydrogen-bond acceptors (Lipinski definition) is 5. The first-order chi connectivity index (χ1) is 14.8. The van der Waals surface area contributed by atoms with Crippen molar-refractivity contribution in [3.05, 3.63) is 76.9 Å². The fourth-order valence-electron chi connectivity index (χ4n) is 3.24. The Morgan fingerprint density at radius 1 is 1.16 bits per heavy atom. The van der Waals surface area contributed by atoms with Crippen LogP contribution in [0, 0.1) is 10.8 Å². The highest BCUT2D eigenvalue weighted by Gasteiger charge is 2.21. The van der Waals surface area contributed by atoms with Gasteiger partial charge in [-0.05, 0) is 36.3 Å². The molecule has 0 fully saturated rings. The summed E-state index contributed by atoms with van der Waals surface area (Å²) < 4.78 is 0. The molecule has 2 amide bonds. The van der Waals surface area contributed by atoms with Gasteiger partial charge in [0.25, 0.3) is 5.91 Å². The minimum Gasteiger partial charge on any atom is -0.507 e. The Morgan fingerprint density at radius 3 is 2.44 bits per heavy atom. The number of aliphatic hydroxyl groups excluding tert-OH is 1. The molecule has 0 aromatic heterocycles. The average Bonchev–Trinajstić information content (AvgIpc) is 2.68. The van der Waals surface area contributed by atoms with Crippen LogP contribution in [0.3, 0.4) is 0 Å². The van der Waals surface area contributed by atoms with Crippen LogP contribution in [0.1, 0.15) is 43.6 Å². The lowest BCUT2D eigenvalue weighted by Gasteiger charge is -2.24. The summed E-state index contributed by atoms with van der Waals surface area (Å²) in [6.07, 6.45) is 10.7. The molecule has 0 saturated carbocycles. The third-order valence-corrected chi connectivity index (χ3v) is 5.96. The van der Waals surface area contributed by atoms with Crippen LogP contribution < -0.4 is 11.1 Å². The van der Waals surface area contributed by atoms with Gasteiger partial charge in [-0.15, -0.1) is 0 Å². The van der Waals surface area contributed by atoms with Gasteiger partial charge in [-0.1, -0.05) is 75.9 Å². The zero-order valence-electron chi connectivity index (χ0n) is 19.0. The summed E-state index contributed by atoms with van der Waals surface area (Å²) in [5.74, 6) is -1.19. The highest BCUT2D eigenvalue weighted by molar-refractivity contribution is 8.04. The number of amides is 2. The molecule has 1 aliphatic carbocycles. The molecule has 2 rings (SSSR count). The van der Waals surface area contributed by atoms with Crippen LogP contribution in [0.4, 0.5) is 0 Å². The van der Waals surface area contributed by atoms with Crippen LogP contribution in [0.5, 0.6) is 5.75 Å². The number of aliphatic hydroxyl groups is 1. The summed E-state index contributed by atoms with van der Waals surface area (Å²) in [6, 6.07) is 4.55. The maximum Gasteiger partial charge on any atom is 0.255 e. The number of hydrogen-bond donors (Lipinski definition) is 4. The molecule has 0 aliphatic heterocycles. The van der Waals surface area contributed by atoms with Gasteiger partial charge in [-0.25, -0.2) is 0 Å². The van der Waals surface area contributed by atoms with E-state index >= 15 is 0 Å². The smallest absolute Gasteiger partial charge is 0.255 e. The molecule has 0 heterocycles. The van der Waals surface area contributed by atoms with E-state index in [-0.39, 0.29) is 33.7 Å². The van der Waals surface area contributed by atoms with Gasteiger partial charge in [0.05, 0.1) is 10.8 Å². The van der Waals surface area contributed by atoms with Gasteiger partial charge in [-0.3, -0.25) is 9.59 Å². The first-order valence-corrected chi connectivity index (χ1v) is 11.2. The molecule has 6 nitrogen and oxygen atoms in total. The monoisotopic (exact) mass is 456 g/mol. The van der Waals surface area contributed by atoms with Gasteiger partial charge in [0, 0.05) is 17.4 Å². The van der Waals surface area contributed by atoms with E-state index in [4.69, 9.17) is 5.73 Å². The standard InChI is InChI=1S/C25H32N2O4S/c1-16(28)32-21(22(26)30)13-17-6-7-20(29)19(12-17)23(31)27-15-18-8-9-24(2,3)10-11-25(4,5)14-18/h6-12,14,21,28-29H,1,13,15H2,2-5H3,(H2,26,30)(H,27,31). The van der Waals surface area contributed by atoms with E-state index in [1.54, 1.807) is 6.07 Å². The molecule has 5 N–H and O–H groups in total. The number of primary amides is 1. The van der Waals surface area contributed by atoms with Gasteiger partial charge in [0.2, 0.25) is 5.91 Å². The molecule has 32 heavy (non-hydrogen) atoms. The van der Waals surface area contributed by atoms with E-state index in [1.807, 2.05) is 6.08 Å². The summed E-state index contributed by atoms with van der Waals surface area (Å²) in [7, 11) is 0. The van der Waals surface area contributed by atoms with E-state index in [9.17, 15) is 19.8 Å². The Balaban J connectivity index is 2.18. The number of benzene rings is 1. The predicted octanol–water partition coefficient (Wildman–Crippen LogP) is 4.39. The van der Waals surface area contributed by atoms with E-state index in [1.165, 1.54) is 12.1 Å². The molecule has 0 saturated heterocycles. The van der Waals surface area contributed by atoms with Crippen molar-refractivity contribution in [2.45, 2.75) is 39.4 Å². The van der Waals surface area contributed by atoms with Crippen molar-refractivity contribution < 1.29 is 19.8 Å². The molecule has 1 aromatic rings. The van der Waals surface area contributed by atoms with Gasteiger partial charge in [0.15, 0.2) is 0 Å². The number of carbonyl (C=O) groups is 2. The fraction of sp³-hybridized carbons (Fsp3) is 0.360. The van der Waals surface area contributed by atoms with Crippen LogP contribution in [0.15, 0.2) is 65.8 Å². The summed E-state index contributed by atoms with van der Waals surface area (Å²) in [4.78, 5) is 24.5. The fourth-order valence-corrected chi connectivity index (χ4v) is 3.96. The normalized spacial score (nSPS) is 17.6. The molecule has 172 valence electrons. The number of nitrogens with one attached hydrogen (secondary N) is 1. The molecule has 1 unspecified atom stereocenters. The second-order valence-corrected chi connectivity index (χ2v) is 10.4. The number of nitrogens with two attached hydrogens (primary N) is 1. The Hall–Kier alpha value is -2.93. The highest BCUT2D eigenvalue weighted by Crippen LogP contribution is 2.30. The molecule has 1 atom stereocenters. The van der Waals surface area contributed by atoms with Crippen LogP contribution in [0.2, 0.25) is 0 Å². The Labute approximate surface area is 194 Å². The van der Waals surface area contributed by atoms with Crippen molar-refractivity contribution in [3.8, 4) is 5.75 Å². The van der Waals surface area contributed by atoms with Crippen molar-refractivity contribution in [2.24, 2.45) is 16.6 Å². The van der Waals surface area contributed by atoms with E-state index in [0.29, 0.717) is 12.1 Å². The van der Waals surface area contributed by atoms with E-state index < -0.39 is 17.1 Å². The quantitative estimate of drug-likeness (QED) is 0.342. The third kappa shape index (κ3) is 7.64. The minimum atomic E-state index is -0.739. The van der Waals surface area contributed by atoms with Gasteiger partial charge in [-0.2, -0.15) is 0 Å². The van der Waals surface area contributed by atoms with Gasteiger partial charge >= 0.3 is 0 Å². The summed E-state index contributed by atoms with van der Waals surface area (Å²) >= 11 is 0.856. The molecule has 0 spiro atoms. The van der Waals surface area contributed by atoms with E-state index in [0.717, 1.165) is 17.3 Å². The molecule has 0 radical (unpaired) electrons. The summed E-state index contributed by atoms with van der Waals surface area (Å²) in [5, 5.41) is 21.5. The van der Waals surface area contributed by atoms with Crippen LogP contribution in [-0.2, 0) is 11.2 Å². The van der Waals surface area contributed by atoms with Crippen LogP contribution >= 0.6 is 11.8 Å². The number of phenols is 1. The molecule has 7 heteroatoms. The predicted molar refractivity (Wildman–Crippen MR) is 130 cm³/mol. The van der Waals surface area contributed by atoms with Crippen molar-refractivity contribution in [1.82, 2.24) is 5.32 Å². The van der Waals surface area contributed by atoms with Gasteiger partial charge in [0.1, 0.15) is 10.8 Å². The highest BCUT2D eigenvalue weighted by atomic mass is 32.2. The second-order valence-electron chi connectivity index (χ2n) is 9.17. The molecule has 1 aliphatic rings. The maximum atomic E-state index is 12.8.